The van der Waals surface area contributed by atoms with Crippen LogP contribution in [0.1, 0.15) is 30.2 Å². The van der Waals surface area contributed by atoms with Gasteiger partial charge in [-0.1, -0.05) is 11.6 Å². The van der Waals surface area contributed by atoms with Crippen LogP contribution in [0.15, 0.2) is 30.6 Å². The number of benzene rings is 1. The van der Waals surface area contributed by atoms with E-state index in [1.54, 1.807) is 23.0 Å². The van der Waals surface area contributed by atoms with Gasteiger partial charge in [0.15, 0.2) is 0 Å². The molecule has 1 aromatic heterocycles. The molecule has 0 fully saturated rings. The van der Waals surface area contributed by atoms with Gasteiger partial charge in [-0.25, -0.2) is 4.79 Å². The number of nitrogens with zero attached hydrogens (tertiary/aromatic N) is 2. The fourth-order valence-electron chi connectivity index (χ4n) is 1.64. The van der Waals surface area contributed by atoms with E-state index in [-0.39, 0.29) is 11.6 Å². The Morgan fingerprint density at radius 1 is 1.47 bits per heavy atom. The lowest BCUT2D eigenvalue weighted by molar-refractivity contribution is 0.0698. The number of halogens is 1. The van der Waals surface area contributed by atoms with E-state index in [9.17, 15) is 4.79 Å². The van der Waals surface area contributed by atoms with Crippen molar-refractivity contribution in [2.24, 2.45) is 0 Å². The first kappa shape index (κ1) is 13.4. The van der Waals surface area contributed by atoms with Gasteiger partial charge in [-0.05, 0) is 32.0 Å². The molecule has 1 aromatic carbocycles. The fourth-order valence-corrected chi connectivity index (χ4v) is 1.82. The summed E-state index contributed by atoms with van der Waals surface area (Å²) in [5.74, 6) is -1.03. The summed E-state index contributed by atoms with van der Waals surface area (Å²) >= 11 is 5.80. The van der Waals surface area contributed by atoms with Crippen LogP contribution in [-0.4, -0.2) is 20.9 Å². The second-order valence-corrected chi connectivity index (χ2v) is 4.86. The molecule has 19 heavy (non-hydrogen) atoms. The third-order valence-electron chi connectivity index (χ3n) is 2.62. The first-order valence-corrected chi connectivity index (χ1v) is 6.19. The van der Waals surface area contributed by atoms with Crippen LogP contribution in [0.2, 0.25) is 5.02 Å². The highest BCUT2D eigenvalue weighted by molar-refractivity contribution is 6.31. The van der Waals surface area contributed by atoms with E-state index in [1.165, 1.54) is 6.07 Å². The van der Waals surface area contributed by atoms with Gasteiger partial charge in [-0.3, -0.25) is 4.68 Å². The molecule has 2 aromatic rings. The zero-order valence-electron chi connectivity index (χ0n) is 10.6. The van der Waals surface area contributed by atoms with Crippen LogP contribution >= 0.6 is 11.6 Å². The number of anilines is 2. The van der Waals surface area contributed by atoms with Crippen molar-refractivity contribution >= 4 is 28.9 Å². The summed E-state index contributed by atoms with van der Waals surface area (Å²) in [5.41, 5.74) is 1.35. The topological polar surface area (TPSA) is 67.2 Å². The third-order valence-corrected chi connectivity index (χ3v) is 2.86. The lowest BCUT2D eigenvalue weighted by Crippen LogP contribution is -2.02. The van der Waals surface area contributed by atoms with Crippen molar-refractivity contribution < 1.29 is 9.90 Å². The molecule has 0 spiro atoms. The molecule has 0 atom stereocenters. The number of hydrogen-bond acceptors (Lipinski definition) is 3. The number of carbonyl (C=O) groups is 1. The summed E-state index contributed by atoms with van der Waals surface area (Å²) in [5, 5.41) is 16.7. The summed E-state index contributed by atoms with van der Waals surface area (Å²) < 4.78 is 1.79. The number of carboxylic acids is 1. The quantitative estimate of drug-likeness (QED) is 0.898. The maximum absolute atomic E-state index is 11.2. The summed E-state index contributed by atoms with van der Waals surface area (Å²) in [6, 6.07) is 4.94. The largest absolute Gasteiger partial charge is 0.478 e. The monoisotopic (exact) mass is 279 g/mol. The van der Waals surface area contributed by atoms with E-state index in [4.69, 9.17) is 16.7 Å². The van der Waals surface area contributed by atoms with E-state index >= 15 is 0 Å². The van der Waals surface area contributed by atoms with Gasteiger partial charge in [0.25, 0.3) is 0 Å². The molecule has 0 bridgehead atoms. The van der Waals surface area contributed by atoms with E-state index in [1.807, 2.05) is 20.0 Å². The van der Waals surface area contributed by atoms with Gasteiger partial charge in [0, 0.05) is 17.3 Å². The van der Waals surface area contributed by atoms with Crippen LogP contribution in [0.25, 0.3) is 0 Å². The Balaban J connectivity index is 2.29. The molecule has 2 rings (SSSR count). The van der Waals surface area contributed by atoms with Gasteiger partial charge in [0.2, 0.25) is 0 Å². The predicted molar refractivity (Wildman–Crippen MR) is 74.3 cm³/mol. The predicted octanol–water partition coefficient (Wildman–Crippen LogP) is 3.56. The van der Waals surface area contributed by atoms with Crippen molar-refractivity contribution in [3.63, 3.8) is 0 Å². The van der Waals surface area contributed by atoms with Crippen molar-refractivity contribution in [3.05, 3.63) is 41.2 Å². The molecule has 6 heteroatoms. The lowest BCUT2D eigenvalue weighted by atomic mass is 10.2. The number of carboxylic acid groups (broad SMARTS) is 1. The second-order valence-electron chi connectivity index (χ2n) is 4.42. The van der Waals surface area contributed by atoms with Crippen LogP contribution in [0.4, 0.5) is 11.4 Å². The van der Waals surface area contributed by atoms with E-state index in [0.717, 1.165) is 5.69 Å². The van der Waals surface area contributed by atoms with Crippen molar-refractivity contribution in [1.29, 1.82) is 0 Å². The van der Waals surface area contributed by atoms with Crippen LogP contribution in [0.5, 0.6) is 0 Å². The van der Waals surface area contributed by atoms with Gasteiger partial charge in [0.05, 0.1) is 23.1 Å². The van der Waals surface area contributed by atoms with Crippen molar-refractivity contribution in [3.8, 4) is 0 Å². The molecular weight excluding hydrogens is 266 g/mol. The minimum absolute atomic E-state index is 0.129. The highest BCUT2D eigenvalue weighted by Crippen LogP contribution is 2.24. The zero-order chi connectivity index (χ0) is 14.0. The van der Waals surface area contributed by atoms with Crippen LogP contribution in [0, 0.1) is 0 Å². The average Bonchev–Trinajstić information content (AvgIpc) is 2.80. The minimum Gasteiger partial charge on any atom is -0.478 e. The first-order valence-electron chi connectivity index (χ1n) is 5.81. The lowest BCUT2D eigenvalue weighted by Gasteiger charge is -2.08. The van der Waals surface area contributed by atoms with Crippen molar-refractivity contribution in [2.75, 3.05) is 5.32 Å². The molecule has 0 unspecified atom stereocenters. The Morgan fingerprint density at radius 3 is 2.79 bits per heavy atom. The summed E-state index contributed by atoms with van der Waals surface area (Å²) in [6.07, 6.45) is 3.48. The zero-order valence-corrected chi connectivity index (χ0v) is 11.3. The van der Waals surface area contributed by atoms with Gasteiger partial charge in [-0.15, -0.1) is 0 Å². The SMILES string of the molecule is CC(C)n1cc(Nc2ccc(Cl)cc2C(=O)O)cn1. The fraction of sp³-hybridized carbons (Fsp3) is 0.231. The summed E-state index contributed by atoms with van der Waals surface area (Å²) in [6.45, 7) is 4.03. The Labute approximate surface area is 115 Å². The highest BCUT2D eigenvalue weighted by atomic mass is 35.5. The number of rotatable bonds is 4. The molecule has 0 saturated heterocycles. The first-order chi connectivity index (χ1) is 8.97. The molecule has 2 N–H and O–H groups in total. The minimum atomic E-state index is -1.03. The Bertz CT molecular complexity index is 608. The maximum Gasteiger partial charge on any atom is 0.337 e. The molecule has 0 aliphatic rings. The molecule has 0 saturated carbocycles. The average molecular weight is 280 g/mol. The summed E-state index contributed by atoms with van der Waals surface area (Å²) in [4.78, 5) is 11.2. The molecule has 100 valence electrons. The maximum atomic E-state index is 11.2. The Kier molecular flexibility index (Phi) is 3.76. The molecule has 0 radical (unpaired) electrons. The van der Waals surface area contributed by atoms with E-state index in [2.05, 4.69) is 10.4 Å². The van der Waals surface area contributed by atoms with Gasteiger partial charge in [-0.2, -0.15) is 5.10 Å². The summed E-state index contributed by atoms with van der Waals surface area (Å²) in [7, 11) is 0. The van der Waals surface area contributed by atoms with Crippen molar-refractivity contribution in [1.82, 2.24) is 9.78 Å². The number of aromatic nitrogens is 2. The van der Waals surface area contributed by atoms with Gasteiger partial charge < -0.3 is 10.4 Å². The number of nitrogens with one attached hydrogen (secondary N) is 1. The number of aromatic carboxylic acids is 1. The molecule has 0 aliphatic carbocycles. The number of hydrogen-bond donors (Lipinski definition) is 2. The molecular formula is C13H14ClN3O2. The standard InChI is InChI=1S/C13H14ClN3O2/c1-8(2)17-7-10(6-15-17)16-12-4-3-9(14)5-11(12)13(18)19/h3-8,16H,1-2H3,(H,18,19). The Morgan fingerprint density at radius 2 is 2.21 bits per heavy atom. The third kappa shape index (κ3) is 3.06. The Hall–Kier alpha value is -2.01. The second kappa shape index (κ2) is 5.32. The molecule has 5 nitrogen and oxygen atoms in total. The van der Waals surface area contributed by atoms with Crippen molar-refractivity contribution in [2.45, 2.75) is 19.9 Å². The van der Waals surface area contributed by atoms with Crippen LogP contribution in [-0.2, 0) is 0 Å². The molecule has 0 amide bonds. The smallest absolute Gasteiger partial charge is 0.337 e. The normalized spacial score (nSPS) is 10.7. The molecule has 0 aliphatic heterocycles. The molecule has 1 heterocycles. The van der Waals surface area contributed by atoms with E-state index in [0.29, 0.717) is 10.7 Å². The van der Waals surface area contributed by atoms with E-state index < -0.39 is 5.97 Å². The highest BCUT2D eigenvalue weighted by Gasteiger charge is 2.11. The van der Waals surface area contributed by atoms with Crippen LogP contribution < -0.4 is 5.32 Å². The van der Waals surface area contributed by atoms with Gasteiger partial charge in [0.1, 0.15) is 0 Å². The van der Waals surface area contributed by atoms with Gasteiger partial charge >= 0.3 is 5.97 Å². The van der Waals surface area contributed by atoms with Crippen LogP contribution in [0.3, 0.4) is 0 Å².